The van der Waals surface area contributed by atoms with Crippen LogP contribution < -0.4 is 4.74 Å². The van der Waals surface area contributed by atoms with E-state index < -0.39 is 17.7 Å². The quantitative estimate of drug-likeness (QED) is 0.806. The number of hydrogen-bond acceptors (Lipinski definition) is 2. The van der Waals surface area contributed by atoms with Crippen molar-refractivity contribution in [3.05, 3.63) is 63.1 Å². The van der Waals surface area contributed by atoms with Gasteiger partial charge in [-0.1, -0.05) is 6.07 Å². The maximum absolute atomic E-state index is 13.8. The van der Waals surface area contributed by atoms with E-state index in [1.165, 1.54) is 12.1 Å². The van der Waals surface area contributed by atoms with Gasteiger partial charge in [0.25, 0.3) is 0 Å². The van der Waals surface area contributed by atoms with Crippen LogP contribution in [-0.2, 0) is 6.61 Å². The first kappa shape index (κ1) is 15.9. The standard InChI is InChI=1S/C16H15BrF2O2/c1-9-7-11(10(2)20)3-6-15(9)21-8-12-14(18)5-4-13(17)16(12)19/h3-7,10,20H,8H2,1-2H3. The van der Waals surface area contributed by atoms with Crippen LogP contribution in [0.2, 0.25) is 0 Å². The number of aliphatic hydroxyl groups is 1. The van der Waals surface area contributed by atoms with E-state index in [0.717, 1.165) is 11.1 Å². The Kier molecular flexibility index (Phi) is 4.96. The summed E-state index contributed by atoms with van der Waals surface area (Å²) in [7, 11) is 0. The molecule has 0 bridgehead atoms. The number of rotatable bonds is 4. The Balaban J connectivity index is 2.19. The maximum Gasteiger partial charge on any atom is 0.146 e. The van der Waals surface area contributed by atoms with Crippen LogP contribution in [0.1, 0.15) is 29.7 Å². The summed E-state index contributed by atoms with van der Waals surface area (Å²) in [5.74, 6) is -0.777. The van der Waals surface area contributed by atoms with E-state index in [9.17, 15) is 13.9 Å². The topological polar surface area (TPSA) is 29.5 Å². The highest BCUT2D eigenvalue weighted by molar-refractivity contribution is 9.10. The van der Waals surface area contributed by atoms with Crippen LogP contribution in [0.4, 0.5) is 8.78 Å². The fourth-order valence-corrected chi connectivity index (χ4v) is 2.32. The molecule has 0 amide bonds. The lowest BCUT2D eigenvalue weighted by Crippen LogP contribution is -2.04. The number of halogens is 3. The van der Waals surface area contributed by atoms with Gasteiger partial charge in [-0.2, -0.15) is 0 Å². The number of benzene rings is 2. The predicted molar refractivity (Wildman–Crippen MR) is 80.2 cm³/mol. The Morgan fingerprint density at radius 1 is 1.24 bits per heavy atom. The number of hydrogen-bond donors (Lipinski definition) is 1. The molecule has 0 fully saturated rings. The molecule has 1 atom stereocenters. The summed E-state index contributed by atoms with van der Waals surface area (Å²) in [6.45, 7) is 3.28. The molecule has 0 aliphatic carbocycles. The largest absolute Gasteiger partial charge is 0.488 e. The molecular formula is C16H15BrF2O2. The van der Waals surface area contributed by atoms with Gasteiger partial charge in [-0.3, -0.25) is 0 Å². The van der Waals surface area contributed by atoms with Crippen LogP contribution in [0.15, 0.2) is 34.8 Å². The van der Waals surface area contributed by atoms with E-state index >= 15 is 0 Å². The molecule has 2 nitrogen and oxygen atoms in total. The molecule has 0 heterocycles. The molecule has 0 aliphatic heterocycles. The number of ether oxygens (including phenoxy) is 1. The van der Waals surface area contributed by atoms with Crippen molar-refractivity contribution in [1.29, 1.82) is 0 Å². The zero-order valence-corrected chi connectivity index (χ0v) is 13.2. The predicted octanol–water partition coefficient (Wildman–Crippen LogP) is 4.67. The molecule has 0 aliphatic rings. The third kappa shape index (κ3) is 3.60. The Hall–Kier alpha value is -1.46. The van der Waals surface area contributed by atoms with Crippen molar-refractivity contribution in [2.75, 3.05) is 0 Å². The molecule has 0 saturated heterocycles. The van der Waals surface area contributed by atoms with Gasteiger partial charge >= 0.3 is 0 Å². The van der Waals surface area contributed by atoms with Crippen LogP contribution in [0.3, 0.4) is 0 Å². The Morgan fingerprint density at radius 2 is 1.95 bits per heavy atom. The van der Waals surface area contributed by atoms with Crippen molar-refractivity contribution in [1.82, 2.24) is 0 Å². The van der Waals surface area contributed by atoms with Gasteiger partial charge in [-0.25, -0.2) is 8.78 Å². The molecule has 2 aromatic rings. The summed E-state index contributed by atoms with van der Waals surface area (Å²) >= 11 is 3.02. The second-order valence-electron chi connectivity index (χ2n) is 4.81. The third-order valence-corrected chi connectivity index (χ3v) is 3.80. The summed E-state index contributed by atoms with van der Waals surface area (Å²) in [6.07, 6.45) is -0.572. The molecule has 2 aromatic carbocycles. The Labute approximate surface area is 130 Å². The first-order chi connectivity index (χ1) is 9.90. The van der Waals surface area contributed by atoms with Gasteiger partial charge in [-0.15, -0.1) is 0 Å². The van der Waals surface area contributed by atoms with Gasteiger partial charge in [0.05, 0.1) is 16.1 Å². The molecule has 112 valence electrons. The lowest BCUT2D eigenvalue weighted by Gasteiger charge is -2.13. The summed E-state index contributed by atoms with van der Waals surface area (Å²) in [4.78, 5) is 0. The fraction of sp³-hybridized carbons (Fsp3) is 0.250. The van der Waals surface area contributed by atoms with E-state index in [4.69, 9.17) is 4.74 Å². The van der Waals surface area contributed by atoms with E-state index in [2.05, 4.69) is 15.9 Å². The van der Waals surface area contributed by atoms with E-state index in [1.807, 2.05) is 6.92 Å². The van der Waals surface area contributed by atoms with E-state index in [0.29, 0.717) is 5.75 Å². The summed E-state index contributed by atoms with van der Waals surface area (Å²) in [5.41, 5.74) is 1.44. The van der Waals surface area contributed by atoms with Crippen LogP contribution in [-0.4, -0.2) is 5.11 Å². The highest BCUT2D eigenvalue weighted by atomic mass is 79.9. The SMILES string of the molecule is Cc1cc(C(C)O)ccc1OCc1c(F)ccc(Br)c1F. The molecule has 1 unspecified atom stereocenters. The summed E-state index contributed by atoms with van der Waals surface area (Å²) in [5, 5.41) is 9.51. The fourth-order valence-electron chi connectivity index (χ4n) is 1.95. The zero-order chi connectivity index (χ0) is 15.6. The maximum atomic E-state index is 13.8. The lowest BCUT2D eigenvalue weighted by molar-refractivity contribution is 0.199. The molecule has 0 aromatic heterocycles. The average molecular weight is 357 g/mol. The molecule has 0 spiro atoms. The highest BCUT2D eigenvalue weighted by Crippen LogP contribution is 2.26. The highest BCUT2D eigenvalue weighted by Gasteiger charge is 2.14. The van der Waals surface area contributed by atoms with Crippen molar-refractivity contribution < 1.29 is 18.6 Å². The minimum absolute atomic E-state index is 0.122. The molecule has 2 rings (SSSR count). The zero-order valence-electron chi connectivity index (χ0n) is 11.7. The smallest absolute Gasteiger partial charge is 0.146 e. The normalized spacial score (nSPS) is 12.3. The minimum atomic E-state index is -0.659. The van der Waals surface area contributed by atoms with Crippen LogP contribution in [0.5, 0.6) is 5.75 Å². The molecule has 21 heavy (non-hydrogen) atoms. The summed E-state index contributed by atoms with van der Waals surface area (Å²) < 4.78 is 33.2. The van der Waals surface area contributed by atoms with Crippen molar-refractivity contribution in [2.24, 2.45) is 0 Å². The monoisotopic (exact) mass is 356 g/mol. The molecular weight excluding hydrogens is 342 g/mol. The minimum Gasteiger partial charge on any atom is -0.488 e. The molecule has 0 radical (unpaired) electrons. The van der Waals surface area contributed by atoms with Crippen molar-refractivity contribution in [2.45, 2.75) is 26.6 Å². The molecule has 5 heteroatoms. The molecule has 1 N–H and O–H groups in total. The van der Waals surface area contributed by atoms with Crippen LogP contribution >= 0.6 is 15.9 Å². The molecule has 0 saturated carbocycles. The second kappa shape index (κ2) is 6.54. The first-order valence-electron chi connectivity index (χ1n) is 6.44. The van der Waals surface area contributed by atoms with Crippen LogP contribution in [0.25, 0.3) is 0 Å². The van der Waals surface area contributed by atoms with Crippen molar-refractivity contribution in [3.8, 4) is 5.75 Å². The third-order valence-electron chi connectivity index (χ3n) is 3.19. The second-order valence-corrected chi connectivity index (χ2v) is 5.67. The lowest BCUT2D eigenvalue weighted by atomic mass is 10.1. The first-order valence-corrected chi connectivity index (χ1v) is 7.23. The Morgan fingerprint density at radius 3 is 2.57 bits per heavy atom. The van der Waals surface area contributed by atoms with Gasteiger partial charge in [0.15, 0.2) is 0 Å². The average Bonchev–Trinajstić information content (AvgIpc) is 2.44. The van der Waals surface area contributed by atoms with Crippen LogP contribution in [0, 0.1) is 18.6 Å². The van der Waals surface area contributed by atoms with E-state index in [-0.39, 0.29) is 16.6 Å². The Bertz CT molecular complexity index is 657. The van der Waals surface area contributed by atoms with Gasteiger partial charge in [-0.05, 0) is 65.2 Å². The van der Waals surface area contributed by atoms with Gasteiger partial charge in [0.1, 0.15) is 24.0 Å². The summed E-state index contributed by atoms with van der Waals surface area (Å²) in [6, 6.07) is 7.70. The van der Waals surface area contributed by atoms with Gasteiger partial charge in [0, 0.05) is 0 Å². The van der Waals surface area contributed by atoms with Gasteiger partial charge < -0.3 is 9.84 Å². The van der Waals surface area contributed by atoms with Crippen molar-refractivity contribution in [3.63, 3.8) is 0 Å². The number of aliphatic hydroxyl groups excluding tert-OH is 1. The van der Waals surface area contributed by atoms with Crippen molar-refractivity contribution >= 4 is 15.9 Å². The van der Waals surface area contributed by atoms with E-state index in [1.54, 1.807) is 25.1 Å². The van der Waals surface area contributed by atoms with Gasteiger partial charge in [0.2, 0.25) is 0 Å². The number of aryl methyl sites for hydroxylation is 1.